The van der Waals surface area contributed by atoms with Crippen molar-refractivity contribution in [2.45, 2.75) is 25.7 Å². The van der Waals surface area contributed by atoms with Gasteiger partial charge in [0, 0.05) is 12.1 Å². The Labute approximate surface area is 105 Å². The molecule has 0 bridgehead atoms. The lowest BCUT2D eigenvalue weighted by Gasteiger charge is -2.18. The molecule has 3 rings (SSSR count). The van der Waals surface area contributed by atoms with E-state index in [-0.39, 0.29) is 0 Å². The van der Waals surface area contributed by atoms with E-state index in [9.17, 15) is 0 Å². The number of hydrogen-bond acceptors (Lipinski definition) is 6. The van der Waals surface area contributed by atoms with Gasteiger partial charge in [0.05, 0.1) is 11.9 Å². The summed E-state index contributed by atoms with van der Waals surface area (Å²) in [4.78, 5) is 12.8. The van der Waals surface area contributed by atoms with Gasteiger partial charge in [-0.3, -0.25) is 4.98 Å². The maximum Gasteiger partial charge on any atom is 0.278 e. The fourth-order valence-corrected chi connectivity index (χ4v) is 2.09. The van der Waals surface area contributed by atoms with Crippen molar-refractivity contribution in [3.05, 3.63) is 23.9 Å². The van der Waals surface area contributed by atoms with Crippen molar-refractivity contribution < 1.29 is 4.52 Å². The molecule has 0 radical (unpaired) electrons. The lowest BCUT2D eigenvalue weighted by atomic mass is 9.98. The van der Waals surface area contributed by atoms with Gasteiger partial charge in [-0.15, -0.1) is 0 Å². The van der Waals surface area contributed by atoms with Crippen molar-refractivity contribution in [1.82, 2.24) is 25.4 Å². The molecule has 1 saturated heterocycles. The monoisotopic (exact) mass is 245 g/mol. The molecule has 2 aromatic heterocycles. The van der Waals surface area contributed by atoms with Crippen LogP contribution in [0.3, 0.4) is 0 Å². The third-order valence-electron chi connectivity index (χ3n) is 3.15. The minimum absolute atomic E-state index is 0.391. The second kappa shape index (κ2) is 4.81. The fourth-order valence-electron chi connectivity index (χ4n) is 2.09. The molecule has 1 aliphatic rings. The molecular weight excluding hydrogens is 230 g/mol. The average Bonchev–Trinajstić information content (AvgIpc) is 2.90. The average molecular weight is 245 g/mol. The first-order valence-electron chi connectivity index (χ1n) is 6.16. The summed E-state index contributed by atoms with van der Waals surface area (Å²) in [6.45, 7) is 3.92. The minimum atomic E-state index is 0.391. The van der Waals surface area contributed by atoms with Crippen molar-refractivity contribution in [2.24, 2.45) is 0 Å². The van der Waals surface area contributed by atoms with Crippen LogP contribution in [0.1, 0.15) is 30.3 Å². The second-order valence-electron chi connectivity index (χ2n) is 4.53. The number of nitrogens with one attached hydrogen (secondary N) is 1. The number of hydrogen-bond donors (Lipinski definition) is 1. The van der Waals surface area contributed by atoms with Crippen molar-refractivity contribution in [1.29, 1.82) is 0 Å². The fraction of sp³-hybridized carbons (Fsp3) is 0.500. The molecule has 0 aromatic carbocycles. The SMILES string of the molecule is Cc1cnc(-c2nc(C3CCNCC3)no2)cn1. The van der Waals surface area contributed by atoms with Crippen LogP contribution in [0.5, 0.6) is 0 Å². The summed E-state index contributed by atoms with van der Waals surface area (Å²) in [5.74, 6) is 1.63. The molecule has 1 aliphatic heterocycles. The summed E-state index contributed by atoms with van der Waals surface area (Å²) >= 11 is 0. The van der Waals surface area contributed by atoms with Gasteiger partial charge in [0.2, 0.25) is 0 Å². The van der Waals surface area contributed by atoms with E-state index in [4.69, 9.17) is 4.52 Å². The zero-order valence-corrected chi connectivity index (χ0v) is 10.3. The lowest BCUT2D eigenvalue weighted by molar-refractivity contribution is 0.391. The van der Waals surface area contributed by atoms with Crippen LogP contribution in [0.25, 0.3) is 11.6 Å². The number of aryl methyl sites for hydroxylation is 1. The highest BCUT2D eigenvalue weighted by atomic mass is 16.5. The summed E-state index contributed by atoms with van der Waals surface area (Å²) in [7, 11) is 0. The van der Waals surface area contributed by atoms with Crippen LogP contribution in [0.15, 0.2) is 16.9 Å². The molecule has 1 N–H and O–H groups in total. The zero-order chi connectivity index (χ0) is 12.4. The molecule has 0 unspecified atom stereocenters. The molecule has 94 valence electrons. The molecule has 0 aliphatic carbocycles. The number of aromatic nitrogens is 4. The first-order chi connectivity index (χ1) is 8.83. The third-order valence-corrected chi connectivity index (χ3v) is 3.15. The van der Waals surface area contributed by atoms with Gasteiger partial charge >= 0.3 is 0 Å². The zero-order valence-electron chi connectivity index (χ0n) is 10.3. The highest BCUT2D eigenvalue weighted by molar-refractivity contribution is 5.44. The van der Waals surface area contributed by atoms with Gasteiger partial charge in [-0.1, -0.05) is 5.16 Å². The first-order valence-corrected chi connectivity index (χ1v) is 6.16. The van der Waals surface area contributed by atoms with E-state index >= 15 is 0 Å². The Morgan fingerprint density at radius 3 is 2.78 bits per heavy atom. The van der Waals surface area contributed by atoms with Gasteiger partial charge < -0.3 is 9.84 Å². The smallest absolute Gasteiger partial charge is 0.278 e. The van der Waals surface area contributed by atoms with Crippen molar-refractivity contribution >= 4 is 0 Å². The van der Waals surface area contributed by atoms with E-state index in [1.165, 1.54) is 0 Å². The summed E-state index contributed by atoms with van der Waals surface area (Å²) in [5, 5.41) is 7.38. The van der Waals surface area contributed by atoms with Crippen LogP contribution in [0.4, 0.5) is 0 Å². The van der Waals surface area contributed by atoms with Crippen LogP contribution in [-0.2, 0) is 0 Å². The molecule has 1 fully saturated rings. The highest BCUT2D eigenvalue weighted by Crippen LogP contribution is 2.24. The van der Waals surface area contributed by atoms with Crippen molar-refractivity contribution in [3.8, 4) is 11.6 Å². The molecule has 2 aromatic rings. The van der Waals surface area contributed by atoms with Crippen molar-refractivity contribution in [2.75, 3.05) is 13.1 Å². The molecule has 0 spiro atoms. The normalized spacial score (nSPS) is 16.9. The molecule has 18 heavy (non-hydrogen) atoms. The maximum absolute atomic E-state index is 5.26. The highest BCUT2D eigenvalue weighted by Gasteiger charge is 2.21. The summed E-state index contributed by atoms with van der Waals surface area (Å²) in [5.41, 5.74) is 1.50. The van der Waals surface area contributed by atoms with Gasteiger partial charge in [0.15, 0.2) is 5.82 Å². The molecular formula is C12H15N5O. The number of nitrogens with zero attached hydrogens (tertiary/aromatic N) is 4. The Hall–Kier alpha value is -1.82. The van der Waals surface area contributed by atoms with E-state index in [2.05, 4.69) is 25.4 Å². The predicted molar refractivity (Wildman–Crippen MR) is 64.9 cm³/mol. The quantitative estimate of drug-likeness (QED) is 0.859. The molecule has 3 heterocycles. The summed E-state index contributed by atoms with van der Waals surface area (Å²) in [6, 6.07) is 0. The standard InChI is InChI=1S/C12H15N5O/c1-8-6-15-10(7-14-8)12-16-11(17-18-12)9-2-4-13-5-3-9/h6-7,9,13H,2-5H2,1H3. The van der Waals surface area contributed by atoms with Crippen LogP contribution < -0.4 is 5.32 Å². The topological polar surface area (TPSA) is 76.7 Å². The first kappa shape index (κ1) is 11.3. The molecule has 0 saturated carbocycles. The Bertz CT molecular complexity index is 516. The van der Waals surface area contributed by atoms with Crippen LogP contribution in [-0.4, -0.2) is 33.2 Å². The van der Waals surface area contributed by atoms with Gasteiger partial charge in [0.25, 0.3) is 5.89 Å². The van der Waals surface area contributed by atoms with Crippen molar-refractivity contribution in [3.63, 3.8) is 0 Å². The molecule has 6 nitrogen and oxygen atoms in total. The van der Waals surface area contributed by atoms with E-state index in [1.807, 2.05) is 6.92 Å². The predicted octanol–water partition coefficient (Wildman–Crippen LogP) is 1.30. The summed E-state index contributed by atoms with van der Waals surface area (Å²) in [6.07, 6.45) is 5.47. The second-order valence-corrected chi connectivity index (χ2v) is 4.53. The Morgan fingerprint density at radius 1 is 1.22 bits per heavy atom. The Balaban J connectivity index is 1.82. The molecule has 6 heteroatoms. The maximum atomic E-state index is 5.26. The Kier molecular flexibility index (Phi) is 3.02. The van der Waals surface area contributed by atoms with E-state index in [1.54, 1.807) is 12.4 Å². The Morgan fingerprint density at radius 2 is 2.06 bits per heavy atom. The lowest BCUT2D eigenvalue weighted by Crippen LogP contribution is -2.27. The molecule has 0 atom stereocenters. The van der Waals surface area contributed by atoms with Crippen LogP contribution in [0, 0.1) is 6.92 Å². The number of piperidine rings is 1. The van der Waals surface area contributed by atoms with Crippen LogP contribution >= 0.6 is 0 Å². The van der Waals surface area contributed by atoms with Gasteiger partial charge in [-0.05, 0) is 32.9 Å². The van der Waals surface area contributed by atoms with E-state index in [0.717, 1.165) is 37.4 Å². The van der Waals surface area contributed by atoms with Gasteiger partial charge in [0.1, 0.15) is 5.69 Å². The summed E-state index contributed by atoms with van der Waals surface area (Å²) < 4.78 is 5.26. The largest absolute Gasteiger partial charge is 0.332 e. The van der Waals surface area contributed by atoms with Gasteiger partial charge in [-0.25, -0.2) is 4.98 Å². The minimum Gasteiger partial charge on any atom is -0.332 e. The van der Waals surface area contributed by atoms with E-state index in [0.29, 0.717) is 17.5 Å². The van der Waals surface area contributed by atoms with Gasteiger partial charge in [-0.2, -0.15) is 4.98 Å². The third kappa shape index (κ3) is 2.24. The van der Waals surface area contributed by atoms with E-state index < -0.39 is 0 Å². The van der Waals surface area contributed by atoms with Crippen LogP contribution in [0.2, 0.25) is 0 Å². The molecule has 0 amide bonds. The number of rotatable bonds is 2.